The maximum Gasteiger partial charge on any atom is 0.274 e. The number of piperidine rings is 1. The molecule has 1 atom stereocenters. The van der Waals surface area contributed by atoms with Gasteiger partial charge in [-0.05, 0) is 56.0 Å². The topological polar surface area (TPSA) is 63.6 Å². The summed E-state index contributed by atoms with van der Waals surface area (Å²) < 4.78 is 8.03. The number of nitrogens with zero attached hydrogens (tertiary/aromatic N) is 4. The summed E-state index contributed by atoms with van der Waals surface area (Å²) in [4.78, 5) is 24.3. The van der Waals surface area contributed by atoms with Gasteiger partial charge in [-0.3, -0.25) is 4.79 Å². The largest absolute Gasteiger partial charge is 0.443 e. The molecule has 0 radical (unpaired) electrons. The third-order valence-electron chi connectivity index (χ3n) is 5.80. The third kappa shape index (κ3) is 3.95. The maximum absolute atomic E-state index is 13.4. The highest BCUT2D eigenvalue weighted by molar-refractivity contribution is 6.30. The number of halogens is 1. The lowest BCUT2D eigenvalue weighted by atomic mass is 10.0. The van der Waals surface area contributed by atoms with Crippen LogP contribution in [0.15, 0.2) is 59.3 Å². The van der Waals surface area contributed by atoms with Crippen LogP contribution in [0.25, 0.3) is 5.65 Å². The van der Waals surface area contributed by atoms with Crippen LogP contribution in [-0.4, -0.2) is 31.7 Å². The monoisotopic (exact) mass is 434 g/mol. The van der Waals surface area contributed by atoms with E-state index < -0.39 is 0 Å². The van der Waals surface area contributed by atoms with E-state index in [2.05, 4.69) is 9.97 Å². The van der Waals surface area contributed by atoms with Crippen LogP contribution in [0.1, 0.15) is 58.7 Å². The number of fused-ring (bicyclic) bond motifs is 1. The molecule has 0 aliphatic carbocycles. The zero-order valence-corrected chi connectivity index (χ0v) is 18.0. The predicted molar refractivity (Wildman–Crippen MR) is 118 cm³/mol. The van der Waals surface area contributed by atoms with Gasteiger partial charge < -0.3 is 13.7 Å². The Morgan fingerprint density at radius 2 is 2.10 bits per heavy atom. The number of benzene rings is 1. The van der Waals surface area contributed by atoms with Crippen molar-refractivity contribution in [1.29, 1.82) is 0 Å². The first-order chi connectivity index (χ1) is 15.1. The zero-order valence-electron chi connectivity index (χ0n) is 17.3. The van der Waals surface area contributed by atoms with Gasteiger partial charge in [-0.2, -0.15) is 0 Å². The van der Waals surface area contributed by atoms with E-state index in [1.54, 1.807) is 6.20 Å². The number of aryl methyl sites for hydroxylation is 1. The Hall–Kier alpha value is -3.12. The molecule has 7 heteroatoms. The van der Waals surface area contributed by atoms with Crippen LogP contribution in [0.4, 0.5) is 0 Å². The summed E-state index contributed by atoms with van der Waals surface area (Å²) in [6.45, 7) is 2.67. The molecule has 0 bridgehead atoms. The Morgan fingerprint density at radius 3 is 2.94 bits per heavy atom. The number of carbonyl (C=O) groups excluding carboxylic acids is 1. The smallest absolute Gasteiger partial charge is 0.274 e. The number of imidazole rings is 1. The Balaban J connectivity index is 1.39. The second kappa shape index (κ2) is 8.19. The van der Waals surface area contributed by atoms with Crippen molar-refractivity contribution in [2.75, 3.05) is 6.54 Å². The first-order valence-electron chi connectivity index (χ1n) is 10.5. The molecule has 1 saturated heterocycles. The van der Waals surface area contributed by atoms with E-state index in [9.17, 15) is 4.79 Å². The molecule has 0 unspecified atom stereocenters. The minimum Gasteiger partial charge on any atom is -0.443 e. The second-order valence-electron chi connectivity index (χ2n) is 8.00. The minimum absolute atomic E-state index is 0.0811. The Kier molecular flexibility index (Phi) is 5.24. The fourth-order valence-corrected chi connectivity index (χ4v) is 4.45. The highest BCUT2D eigenvalue weighted by atomic mass is 35.5. The quantitative estimate of drug-likeness (QED) is 0.440. The molecule has 6 nitrogen and oxygen atoms in total. The Bertz CT molecular complexity index is 1250. The van der Waals surface area contributed by atoms with Gasteiger partial charge >= 0.3 is 0 Å². The maximum atomic E-state index is 13.4. The molecular weight excluding hydrogens is 412 g/mol. The summed E-state index contributed by atoms with van der Waals surface area (Å²) in [7, 11) is 0. The van der Waals surface area contributed by atoms with Gasteiger partial charge in [0.1, 0.15) is 23.1 Å². The van der Waals surface area contributed by atoms with Crippen LogP contribution in [0.3, 0.4) is 0 Å². The molecule has 1 aliphatic rings. The molecule has 4 heterocycles. The fourth-order valence-electron chi connectivity index (χ4n) is 4.24. The number of aromatic nitrogens is 3. The lowest BCUT2D eigenvalue weighted by Gasteiger charge is -2.33. The number of likely N-dealkylation sites (tertiary alicyclic amines) is 1. The van der Waals surface area contributed by atoms with E-state index in [1.807, 2.05) is 64.9 Å². The zero-order chi connectivity index (χ0) is 21.4. The standard InChI is InChI=1S/C24H23ClN4O2/c1-16-6-4-10-22-27-20(15-29(16)22)24(30)28-11-3-2-9-21(28)23-26-14-19(31-23)13-17-7-5-8-18(25)12-17/h4-8,10,12,14-15,21H,2-3,9,11,13H2,1H3/t21-/m1/s1. The summed E-state index contributed by atoms with van der Waals surface area (Å²) in [5.74, 6) is 1.27. The van der Waals surface area contributed by atoms with Crippen molar-refractivity contribution in [1.82, 2.24) is 19.3 Å². The second-order valence-corrected chi connectivity index (χ2v) is 8.44. The number of carbonyl (C=O) groups is 1. The molecule has 1 amide bonds. The lowest BCUT2D eigenvalue weighted by molar-refractivity contribution is 0.0564. The van der Waals surface area contributed by atoms with Gasteiger partial charge in [-0.25, -0.2) is 9.97 Å². The molecule has 4 aromatic rings. The van der Waals surface area contributed by atoms with Crippen molar-refractivity contribution >= 4 is 23.2 Å². The highest BCUT2D eigenvalue weighted by Crippen LogP contribution is 2.32. The number of amides is 1. The summed E-state index contributed by atoms with van der Waals surface area (Å²) in [6, 6.07) is 13.4. The van der Waals surface area contributed by atoms with E-state index in [1.165, 1.54) is 0 Å². The molecular formula is C24H23ClN4O2. The molecule has 0 N–H and O–H groups in total. The van der Waals surface area contributed by atoms with E-state index >= 15 is 0 Å². The lowest BCUT2D eigenvalue weighted by Crippen LogP contribution is -2.38. The summed E-state index contributed by atoms with van der Waals surface area (Å²) in [5, 5.41) is 0.698. The predicted octanol–water partition coefficient (Wildman–Crippen LogP) is 5.24. The van der Waals surface area contributed by atoms with Crippen molar-refractivity contribution < 1.29 is 9.21 Å². The van der Waals surface area contributed by atoms with E-state index in [-0.39, 0.29) is 11.9 Å². The summed E-state index contributed by atoms with van der Waals surface area (Å²) in [5.41, 5.74) is 3.33. The first kappa shape index (κ1) is 19.8. The van der Waals surface area contributed by atoms with Gasteiger partial charge in [-0.1, -0.05) is 29.8 Å². The molecule has 1 aromatic carbocycles. The normalized spacial score (nSPS) is 16.7. The summed E-state index contributed by atoms with van der Waals surface area (Å²) in [6.07, 6.45) is 7.01. The SMILES string of the molecule is Cc1cccc2nc(C(=O)N3CCCC[C@@H]3c3ncc(Cc4cccc(Cl)c4)o3)cn12. The van der Waals surface area contributed by atoms with Crippen molar-refractivity contribution in [2.45, 2.75) is 38.6 Å². The first-order valence-corrected chi connectivity index (χ1v) is 10.9. The Morgan fingerprint density at radius 1 is 1.23 bits per heavy atom. The van der Waals surface area contributed by atoms with Crippen LogP contribution in [0.5, 0.6) is 0 Å². The number of rotatable bonds is 4. The number of hydrogen-bond donors (Lipinski definition) is 0. The van der Waals surface area contributed by atoms with E-state index in [0.29, 0.717) is 29.6 Å². The number of pyridine rings is 1. The Labute approximate surface area is 185 Å². The van der Waals surface area contributed by atoms with Crippen molar-refractivity contribution in [3.8, 4) is 0 Å². The van der Waals surface area contributed by atoms with Gasteiger partial charge in [0, 0.05) is 29.9 Å². The van der Waals surface area contributed by atoms with Gasteiger partial charge in [0.05, 0.1) is 6.20 Å². The number of hydrogen-bond acceptors (Lipinski definition) is 4. The molecule has 1 aliphatic heterocycles. The molecule has 1 fully saturated rings. The van der Waals surface area contributed by atoms with E-state index in [0.717, 1.165) is 41.9 Å². The molecule has 0 saturated carbocycles. The number of oxazole rings is 1. The third-order valence-corrected chi connectivity index (χ3v) is 6.04. The molecule has 0 spiro atoms. The van der Waals surface area contributed by atoms with Crippen LogP contribution >= 0.6 is 11.6 Å². The van der Waals surface area contributed by atoms with Gasteiger partial charge in [0.25, 0.3) is 5.91 Å². The molecule has 31 heavy (non-hydrogen) atoms. The average molecular weight is 435 g/mol. The van der Waals surface area contributed by atoms with E-state index in [4.69, 9.17) is 16.0 Å². The van der Waals surface area contributed by atoms with Gasteiger partial charge in [-0.15, -0.1) is 0 Å². The van der Waals surface area contributed by atoms with Crippen LogP contribution < -0.4 is 0 Å². The average Bonchev–Trinajstić information content (AvgIpc) is 3.41. The van der Waals surface area contributed by atoms with Gasteiger partial charge in [0.2, 0.25) is 5.89 Å². The molecule has 5 rings (SSSR count). The van der Waals surface area contributed by atoms with Crippen LogP contribution in [-0.2, 0) is 6.42 Å². The molecule has 158 valence electrons. The molecule has 3 aromatic heterocycles. The fraction of sp³-hybridized carbons (Fsp3) is 0.292. The summed E-state index contributed by atoms with van der Waals surface area (Å²) >= 11 is 6.09. The van der Waals surface area contributed by atoms with Crippen LogP contribution in [0.2, 0.25) is 5.02 Å². The highest BCUT2D eigenvalue weighted by Gasteiger charge is 2.33. The van der Waals surface area contributed by atoms with Crippen molar-refractivity contribution in [3.63, 3.8) is 0 Å². The van der Waals surface area contributed by atoms with Gasteiger partial charge in [0.15, 0.2) is 0 Å². The van der Waals surface area contributed by atoms with Crippen molar-refractivity contribution in [3.05, 3.63) is 88.5 Å². The van der Waals surface area contributed by atoms with Crippen LogP contribution in [0, 0.1) is 6.92 Å². The minimum atomic E-state index is -0.180. The van der Waals surface area contributed by atoms with Crippen molar-refractivity contribution in [2.24, 2.45) is 0 Å².